The molecule has 0 aliphatic carbocycles. The van der Waals surface area contributed by atoms with Gasteiger partial charge in [0.25, 0.3) is 5.91 Å². The minimum absolute atomic E-state index is 0.0832. The molecule has 0 saturated carbocycles. The maximum atomic E-state index is 12.6. The molecule has 1 aromatic heterocycles. The van der Waals surface area contributed by atoms with E-state index in [1.807, 2.05) is 23.7 Å². The van der Waals surface area contributed by atoms with Crippen molar-refractivity contribution in [2.75, 3.05) is 26.7 Å². The zero-order chi connectivity index (χ0) is 20.1. The van der Waals surface area contributed by atoms with Gasteiger partial charge in [-0.15, -0.1) is 11.3 Å². The highest BCUT2D eigenvalue weighted by Gasteiger charge is 2.20. The zero-order valence-corrected chi connectivity index (χ0v) is 18.2. The highest BCUT2D eigenvalue weighted by Crippen LogP contribution is 2.26. The predicted molar refractivity (Wildman–Crippen MR) is 117 cm³/mol. The van der Waals surface area contributed by atoms with E-state index in [1.165, 1.54) is 17.5 Å². The molecule has 0 bridgehead atoms. The highest BCUT2D eigenvalue weighted by molar-refractivity contribution is 7.09. The summed E-state index contributed by atoms with van der Waals surface area (Å²) in [6.45, 7) is 8.96. The maximum absolute atomic E-state index is 12.6. The molecule has 5 nitrogen and oxygen atoms in total. The second kappa shape index (κ2) is 9.32. The smallest absolute Gasteiger partial charge is 0.273 e. The Bertz CT molecular complexity index is 852. The Morgan fingerprint density at radius 2 is 2.00 bits per heavy atom. The van der Waals surface area contributed by atoms with Crippen molar-refractivity contribution in [1.29, 1.82) is 0 Å². The van der Waals surface area contributed by atoms with Crippen molar-refractivity contribution in [3.05, 3.63) is 44.9 Å². The molecule has 1 aliphatic heterocycles. The van der Waals surface area contributed by atoms with Crippen molar-refractivity contribution in [2.24, 2.45) is 4.99 Å². The molecule has 2 heterocycles. The van der Waals surface area contributed by atoms with Crippen molar-refractivity contribution in [3.8, 4) is 0 Å². The lowest BCUT2D eigenvalue weighted by Crippen LogP contribution is -2.35. The van der Waals surface area contributed by atoms with Crippen LogP contribution in [0.3, 0.4) is 0 Å². The Hall–Kier alpha value is -2.21. The average molecular weight is 399 g/mol. The number of hydrogen-bond acceptors (Lipinski definition) is 4. The van der Waals surface area contributed by atoms with E-state index in [0.717, 1.165) is 55.2 Å². The van der Waals surface area contributed by atoms with Crippen LogP contribution in [0.25, 0.3) is 0 Å². The fraction of sp³-hybridized carbons (Fsp3) is 0.500. The lowest BCUT2D eigenvalue weighted by atomic mass is 10.0. The van der Waals surface area contributed by atoms with Gasteiger partial charge in [0.15, 0.2) is 0 Å². The largest absolute Gasteiger partial charge is 0.366 e. The molecule has 1 amide bonds. The van der Waals surface area contributed by atoms with Crippen LogP contribution in [-0.2, 0) is 6.42 Å². The first-order chi connectivity index (χ1) is 13.5. The van der Waals surface area contributed by atoms with Crippen LogP contribution in [0.15, 0.2) is 22.5 Å². The van der Waals surface area contributed by atoms with Gasteiger partial charge in [-0.3, -0.25) is 4.79 Å². The molecule has 0 unspecified atom stereocenters. The topological polar surface area (TPSA) is 48.8 Å². The number of aliphatic imine (C=N–C) groups is 1. The number of carbonyl (C=O) groups is 1. The number of aromatic nitrogens is 1. The Morgan fingerprint density at radius 3 is 2.71 bits per heavy atom. The van der Waals surface area contributed by atoms with Crippen LogP contribution in [0, 0.1) is 13.8 Å². The summed E-state index contributed by atoms with van der Waals surface area (Å²) < 4.78 is 0. The van der Waals surface area contributed by atoms with Crippen molar-refractivity contribution in [3.63, 3.8) is 0 Å². The van der Waals surface area contributed by atoms with E-state index in [9.17, 15) is 4.79 Å². The lowest BCUT2D eigenvalue weighted by Gasteiger charge is -2.25. The molecule has 1 aromatic carbocycles. The molecule has 0 N–H and O–H groups in total. The Labute approximate surface area is 172 Å². The quantitative estimate of drug-likeness (QED) is 0.528. The van der Waals surface area contributed by atoms with Gasteiger partial charge in [0.1, 0.15) is 5.69 Å². The van der Waals surface area contributed by atoms with Crippen LogP contribution >= 0.6 is 11.3 Å². The molecule has 1 aliphatic rings. The van der Waals surface area contributed by atoms with Gasteiger partial charge in [-0.1, -0.05) is 6.07 Å². The molecule has 1 fully saturated rings. The van der Waals surface area contributed by atoms with E-state index in [2.05, 4.69) is 47.8 Å². The molecule has 0 atom stereocenters. The number of nitrogens with zero attached hydrogens (tertiary/aromatic N) is 4. The van der Waals surface area contributed by atoms with Crippen LogP contribution in [0.4, 0.5) is 5.69 Å². The fourth-order valence-corrected chi connectivity index (χ4v) is 4.14. The molecule has 1 saturated heterocycles. The standard InChI is InChI=1S/C22H30N4OS/c1-5-25(4)15-23-19-12-16(2)18(11-17(19)3)13-21-24-20(14-28-21)22(27)26-9-7-6-8-10-26/h11-12,14-15H,5-10,13H2,1-4H3. The van der Waals surface area contributed by atoms with E-state index in [4.69, 9.17) is 0 Å². The Morgan fingerprint density at radius 1 is 1.25 bits per heavy atom. The first-order valence-corrected chi connectivity index (χ1v) is 10.9. The predicted octanol–water partition coefficient (Wildman–Crippen LogP) is 4.59. The summed E-state index contributed by atoms with van der Waals surface area (Å²) in [5.74, 6) is 0.0832. The molecule has 6 heteroatoms. The summed E-state index contributed by atoms with van der Waals surface area (Å²) in [5, 5.41) is 2.90. The zero-order valence-electron chi connectivity index (χ0n) is 17.4. The summed E-state index contributed by atoms with van der Waals surface area (Å²) in [6, 6.07) is 4.33. The van der Waals surface area contributed by atoms with Crippen LogP contribution in [0.2, 0.25) is 0 Å². The van der Waals surface area contributed by atoms with E-state index >= 15 is 0 Å². The number of piperidine rings is 1. The van der Waals surface area contributed by atoms with Gasteiger partial charge < -0.3 is 9.80 Å². The average Bonchev–Trinajstić information content (AvgIpc) is 3.17. The SMILES string of the molecule is CCN(C)C=Nc1cc(C)c(Cc2nc(C(=O)N3CCCCC3)cs2)cc1C. The van der Waals surface area contributed by atoms with Gasteiger partial charge >= 0.3 is 0 Å². The van der Waals surface area contributed by atoms with Crippen molar-refractivity contribution < 1.29 is 4.79 Å². The number of amides is 1. The molecule has 28 heavy (non-hydrogen) atoms. The summed E-state index contributed by atoms with van der Waals surface area (Å²) >= 11 is 1.58. The molecule has 0 spiro atoms. The van der Waals surface area contributed by atoms with Crippen LogP contribution < -0.4 is 0 Å². The van der Waals surface area contributed by atoms with Gasteiger partial charge in [-0.25, -0.2) is 9.98 Å². The molecule has 2 aromatic rings. The lowest BCUT2D eigenvalue weighted by molar-refractivity contribution is 0.0719. The number of likely N-dealkylation sites (tertiary alicyclic amines) is 1. The summed E-state index contributed by atoms with van der Waals surface area (Å²) in [5.41, 5.74) is 5.20. The van der Waals surface area contributed by atoms with Gasteiger partial charge in [0, 0.05) is 38.5 Å². The van der Waals surface area contributed by atoms with E-state index in [0.29, 0.717) is 5.69 Å². The molecular weight excluding hydrogens is 368 g/mol. The summed E-state index contributed by atoms with van der Waals surface area (Å²) in [4.78, 5) is 25.9. The summed E-state index contributed by atoms with van der Waals surface area (Å²) in [6.07, 6.45) is 6.05. The van der Waals surface area contributed by atoms with Crippen LogP contribution in [0.1, 0.15) is 58.4 Å². The van der Waals surface area contributed by atoms with Gasteiger partial charge in [0.2, 0.25) is 0 Å². The molecule has 150 valence electrons. The third kappa shape index (κ3) is 4.98. The Balaban J connectivity index is 1.72. The van der Waals surface area contributed by atoms with Gasteiger partial charge in [-0.05, 0) is 62.8 Å². The first kappa shape index (κ1) is 20.5. The number of hydrogen-bond donors (Lipinski definition) is 0. The van der Waals surface area contributed by atoms with Gasteiger partial charge in [-0.2, -0.15) is 0 Å². The summed E-state index contributed by atoms with van der Waals surface area (Å²) in [7, 11) is 2.02. The maximum Gasteiger partial charge on any atom is 0.273 e. The van der Waals surface area contributed by atoms with Crippen molar-refractivity contribution in [1.82, 2.24) is 14.8 Å². The first-order valence-electron chi connectivity index (χ1n) is 10.1. The van der Waals surface area contributed by atoms with Crippen LogP contribution in [-0.4, -0.2) is 53.7 Å². The minimum Gasteiger partial charge on any atom is -0.366 e. The second-order valence-electron chi connectivity index (χ2n) is 7.54. The third-order valence-electron chi connectivity index (χ3n) is 5.30. The highest BCUT2D eigenvalue weighted by atomic mass is 32.1. The second-order valence-corrected chi connectivity index (χ2v) is 8.48. The normalized spacial score (nSPS) is 14.6. The molecule has 0 radical (unpaired) electrons. The van der Waals surface area contributed by atoms with E-state index < -0.39 is 0 Å². The fourth-order valence-electron chi connectivity index (χ4n) is 3.34. The van der Waals surface area contributed by atoms with Gasteiger partial charge in [0.05, 0.1) is 17.0 Å². The minimum atomic E-state index is 0.0832. The number of carbonyl (C=O) groups excluding carboxylic acids is 1. The third-order valence-corrected chi connectivity index (χ3v) is 6.15. The van der Waals surface area contributed by atoms with Crippen molar-refractivity contribution in [2.45, 2.75) is 46.5 Å². The number of benzene rings is 1. The number of thiazole rings is 1. The van der Waals surface area contributed by atoms with Crippen molar-refractivity contribution >= 4 is 29.3 Å². The molecule has 3 rings (SSSR count). The van der Waals surface area contributed by atoms with E-state index in [-0.39, 0.29) is 5.91 Å². The number of aryl methyl sites for hydroxylation is 2. The van der Waals surface area contributed by atoms with E-state index in [1.54, 1.807) is 11.3 Å². The Kier molecular flexibility index (Phi) is 6.83. The monoisotopic (exact) mass is 398 g/mol. The number of rotatable bonds is 6. The molecular formula is C22H30N4OS. The van der Waals surface area contributed by atoms with Crippen LogP contribution in [0.5, 0.6) is 0 Å².